The van der Waals surface area contributed by atoms with Crippen LogP contribution in [0.3, 0.4) is 0 Å². The highest BCUT2D eigenvalue weighted by Crippen LogP contribution is 2.22. The average molecular weight is 309 g/mol. The lowest BCUT2D eigenvalue weighted by Gasteiger charge is -2.25. The van der Waals surface area contributed by atoms with Gasteiger partial charge >= 0.3 is 5.97 Å². The van der Waals surface area contributed by atoms with Gasteiger partial charge in [0.1, 0.15) is 16.7 Å². The number of rotatable bonds is 6. The number of carboxylic acid groups (broad SMARTS) is 1. The van der Waals surface area contributed by atoms with E-state index in [2.05, 4.69) is 20.8 Å². The summed E-state index contributed by atoms with van der Waals surface area (Å²) in [7, 11) is 0. The second kappa shape index (κ2) is 6.00. The summed E-state index contributed by atoms with van der Waals surface area (Å²) in [6, 6.07) is 1.70. The second-order valence-corrected chi connectivity index (χ2v) is 5.65. The zero-order chi connectivity index (χ0) is 15.5. The van der Waals surface area contributed by atoms with Gasteiger partial charge in [0.05, 0.1) is 5.69 Å². The third-order valence-electron chi connectivity index (χ3n) is 3.06. The van der Waals surface area contributed by atoms with Gasteiger partial charge in [-0.15, -0.1) is 16.4 Å². The molecule has 9 heteroatoms. The van der Waals surface area contributed by atoms with E-state index in [0.29, 0.717) is 23.4 Å². The molecule has 2 heterocycles. The minimum atomic E-state index is -1.30. The number of thiophene rings is 1. The first-order chi connectivity index (χ1) is 9.98. The van der Waals surface area contributed by atoms with Crippen LogP contribution in [0.1, 0.15) is 36.4 Å². The lowest BCUT2D eigenvalue weighted by Crippen LogP contribution is -2.52. The molecule has 0 aliphatic carbocycles. The molecule has 0 aliphatic heterocycles. The molecule has 2 N–H and O–H groups in total. The molecular weight excluding hydrogens is 294 g/mol. The molecule has 0 radical (unpaired) electrons. The van der Waals surface area contributed by atoms with Crippen molar-refractivity contribution in [2.24, 2.45) is 0 Å². The van der Waals surface area contributed by atoms with Gasteiger partial charge in [-0.3, -0.25) is 4.79 Å². The fourth-order valence-corrected chi connectivity index (χ4v) is 2.73. The molecule has 0 bridgehead atoms. The van der Waals surface area contributed by atoms with Crippen LogP contribution < -0.4 is 5.32 Å². The Hall–Kier alpha value is -2.29. The van der Waals surface area contributed by atoms with Crippen LogP contribution >= 0.6 is 11.3 Å². The van der Waals surface area contributed by atoms with Crippen LogP contribution in [0.2, 0.25) is 0 Å². The van der Waals surface area contributed by atoms with E-state index in [1.54, 1.807) is 11.4 Å². The van der Waals surface area contributed by atoms with Crippen LogP contribution in [-0.2, 0) is 4.79 Å². The Labute approximate surface area is 124 Å². The minimum absolute atomic E-state index is 0.347. The smallest absolute Gasteiger partial charge is 0.329 e. The fourth-order valence-electron chi connectivity index (χ4n) is 1.95. The average Bonchev–Trinajstić information content (AvgIpc) is 3.09. The highest BCUT2D eigenvalue weighted by atomic mass is 32.1. The molecular formula is C12H15N5O3S. The summed E-state index contributed by atoms with van der Waals surface area (Å²) in [4.78, 5) is 24.1. The molecule has 112 valence electrons. The molecule has 0 saturated carbocycles. The largest absolute Gasteiger partial charge is 0.480 e. The van der Waals surface area contributed by atoms with Crippen LogP contribution in [0.5, 0.6) is 0 Å². The molecule has 0 saturated heterocycles. The minimum Gasteiger partial charge on any atom is -0.480 e. The van der Waals surface area contributed by atoms with Gasteiger partial charge in [0, 0.05) is 0 Å². The number of hydrogen-bond acceptors (Lipinski definition) is 6. The van der Waals surface area contributed by atoms with Gasteiger partial charge in [-0.05, 0) is 35.2 Å². The SMILES string of the molecule is CCCC(C)(NC(=O)c1sccc1-n1cnnn1)C(=O)O. The van der Waals surface area contributed by atoms with Gasteiger partial charge in [0.25, 0.3) is 5.91 Å². The van der Waals surface area contributed by atoms with Crippen LogP contribution in [0.15, 0.2) is 17.8 Å². The number of hydrogen-bond donors (Lipinski definition) is 2. The van der Waals surface area contributed by atoms with E-state index in [9.17, 15) is 14.7 Å². The van der Waals surface area contributed by atoms with E-state index in [4.69, 9.17) is 0 Å². The molecule has 21 heavy (non-hydrogen) atoms. The molecule has 2 aromatic heterocycles. The van der Waals surface area contributed by atoms with Crippen molar-refractivity contribution in [3.05, 3.63) is 22.7 Å². The first-order valence-electron chi connectivity index (χ1n) is 6.34. The summed E-state index contributed by atoms with van der Waals surface area (Å²) in [6.45, 7) is 3.37. The summed E-state index contributed by atoms with van der Waals surface area (Å²) in [5, 5.41) is 24.4. The number of carbonyl (C=O) groups excluding carboxylic acids is 1. The predicted molar refractivity (Wildman–Crippen MR) is 75.4 cm³/mol. The predicted octanol–water partition coefficient (Wildman–Crippen LogP) is 1.10. The quantitative estimate of drug-likeness (QED) is 0.826. The molecule has 1 atom stereocenters. The zero-order valence-electron chi connectivity index (χ0n) is 11.6. The van der Waals surface area contributed by atoms with E-state index in [1.165, 1.54) is 29.3 Å². The lowest BCUT2D eigenvalue weighted by atomic mass is 9.96. The highest BCUT2D eigenvalue weighted by Gasteiger charge is 2.35. The van der Waals surface area contributed by atoms with E-state index < -0.39 is 17.4 Å². The van der Waals surface area contributed by atoms with E-state index >= 15 is 0 Å². The zero-order valence-corrected chi connectivity index (χ0v) is 12.4. The van der Waals surface area contributed by atoms with Gasteiger partial charge in [0.15, 0.2) is 0 Å². The highest BCUT2D eigenvalue weighted by molar-refractivity contribution is 7.12. The monoisotopic (exact) mass is 309 g/mol. The summed E-state index contributed by atoms with van der Waals surface area (Å²) < 4.78 is 1.36. The Morgan fingerprint density at radius 1 is 1.52 bits per heavy atom. The summed E-state index contributed by atoms with van der Waals surface area (Å²) in [5.74, 6) is -1.51. The number of nitrogens with one attached hydrogen (secondary N) is 1. The first kappa shape index (κ1) is 15.1. The maximum absolute atomic E-state index is 12.4. The number of aromatic nitrogens is 4. The molecule has 0 aliphatic rings. The number of amides is 1. The molecule has 2 rings (SSSR count). The molecule has 0 spiro atoms. The van der Waals surface area contributed by atoms with Gasteiger partial charge in [-0.2, -0.15) is 4.68 Å². The molecule has 1 unspecified atom stereocenters. The second-order valence-electron chi connectivity index (χ2n) is 4.73. The van der Waals surface area contributed by atoms with Crippen molar-refractivity contribution in [3.63, 3.8) is 0 Å². The third kappa shape index (κ3) is 3.07. The Morgan fingerprint density at radius 3 is 2.86 bits per heavy atom. The van der Waals surface area contributed by atoms with Crippen molar-refractivity contribution in [1.29, 1.82) is 0 Å². The van der Waals surface area contributed by atoms with E-state index in [0.717, 1.165) is 0 Å². The van der Waals surface area contributed by atoms with Crippen molar-refractivity contribution in [1.82, 2.24) is 25.5 Å². The molecule has 8 nitrogen and oxygen atoms in total. The normalized spacial score (nSPS) is 13.6. The third-order valence-corrected chi connectivity index (χ3v) is 3.96. The molecule has 2 aromatic rings. The Balaban J connectivity index is 2.25. The maximum Gasteiger partial charge on any atom is 0.329 e. The molecule has 0 fully saturated rings. The lowest BCUT2D eigenvalue weighted by molar-refractivity contribution is -0.144. The van der Waals surface area contributed by atoms with Gasteiger partial charge in [-0.1, -0.05) is 13.3 Å². The van der Waals surface area contributed by atoms with Crippen molar-refractivity contribution in [2.45, 2.75) is 32.2 Å². The molecule has 1 amide bonds. The summed E-state index contributed by atoms with van der Waals surface area (Å²) >= 11 is 1.21. The van der Waals surface area contributed by atoms with Crippen LogP contribution in [-0.4, -0.2) is 42.7 Å². The topological polar surface area (TPSA) is 110 Å². The van der Waals surface area contributed by atoms with Crippen LogP contribution in [0.25, 0.3) is 5.69 Å². The number of carboxylic acids is 1. The summed E-state index contributed by atoms with van der Waals surface area (Å²) in [5.41, 5.74) is -0.778. The van der Waals surface area contributed by atoms with Crippen LogP contribution in [0.4, 0.5) is 0 Å². The molecule has 0 aromatic carbocycles. The van der Waals surface area contributed by atoms with Gasteiger partial charge < -0.3 is 10.4 Å². The van der Waals surface area contributed by atoms with E-state index in [-0.39, 0.29) is 0 Å². The number of carbonyl (C=O) groups is 2. The number of tetrazole rings is 1. The standard InChI is InChI=1S/C12H15N5O3S/c1-3-5-12(2,11(19)20)14-10(18)9-8(4-6-21-9)17-7-13-15-16-17/h4,6-7H,3,5H2,1-2H3,(H,14,18)(H,19,20). The van der Waals surface area contributed by atoms with Crippen molar-refractivity contribution in [2.75, 3.05) is 0 Å². The van der Waals surface area contributed by atoms with Gasteiger partial charge in [0.2, 0.25) is 0 Å². The Bertz CT molecular complexity index is 639. The number of aliphatic carboxylic acids is 1. The van der Waals surface area contributed by atoms with Crippen molar-refractivity contribution >= 4 is 23.2 Å². The Kier molecular flexibility index (Phi) is 4.32. The number of nitrogens with zero attached hydrogens (tertiary/aromatic N) is 4. The fraction of sp³-hybridized carbons (Fsp3) is 0.417. The maximum atomic E-state index is 12.4. The van der Waals surface area contributed by atoms with Gasteiger partial charge in [-0.25, -0.2) is 4.79 Å². The Morgan fingerprint density at radius 2 is 2.29 bits per heavy atom. The summed E-state index contributed by atoms with van der Waals surface area (Å²) in [6.07, 6.45) is 2.37. The van der Waals surface area contributed by atoms with E-state index in [1.807, 2.05) is 6.92 Å². The van der Waals surface area contributed by atoms with Crippen LogP contribution in [0, 0.1) is 0 Å². The first-order valence-corrected chi connectivity index (χ1v) is 7.22. The van der Waals surface area contributed by atoms with Crippen molar-refractivity contribution in [3.8, 4) is 5.69 Å². The van der Waals surface area contributed by atoms with Crippen molar-refractivity contribution < 1.29 is 14.7 Å².